The zero-order valence-corrected chi connectivity index (χ0v) is 12.9. The second-order valence-corrected chi connectivity index (χ2v) is 5.45. The maximum Gasteiger partial charge on any atom is 0.322 e. The van der Waals surface area contributed by atoms with E-state index in [1.54, 1.807) is 0 Å². The molecule has 2 atom stereocenters. The number of rotatable bonds is 6. The molecule has 0 saturated carbocycles. The van der Waals surface area contributed by atoms with Gasteiger partial charge in [-0.2, -0.15) is 0 Å². The predicted octanol–water partition coefficient (Wildman–Crippen LogP) is 0.620. The monoisotopic (exact) mass is 287 g/mol. The first-order valence-corrected chi connectivity index (χ1v) is 7.27. The molecule has 2 unspecified atom stereocenters. The molecule has 1 aliphatic heterocycles. The number of nitrogens with two attached hydrogens (primary N) is 1. The van der Waals surface area contributed by atoms with Crippen molar-refractivity contribution in [1.29, 1.82) is 0 Å². The minimum absolute atomic E-state index is 0.173. The molecule has 1 saturated heterocycles. The molecule has 1 aliphatic rings. The Bertz CT molecular complexity index is 317. The quantitative estimate of drug-likeness (QED) is 0.571. The molecule has 1 heterocycles. The van der Waals surface area contributed by atoms with Crippen molar-refractivity contribution in [2.75, 3.05) is 33.3 Å². The van der Waals surface area contributed by atoms with Crippen LogP contribution in [0.3, 0.4) is 0 Å². The number of hydrogen-bond acceptors (Lipinski definition) is 5. The number of ether oxygens (including phenoxy) is 1. The molecule has 5 nitrogen and oxygen atoms in total. The van der Waals surface area contributed by atoms with Gasteiger partial charge in [-0.3, -0.25) is 14.6 Å². The van der Waals surface area contributed by atoms with Gasteiger partial charge in [0.1, 0.15) is 6.04 Å². The lowest BCUT2D eigenvalue weighted by Crippen LogP contribution is -2.56. The maximum atomic E-state index is 11.5. The first-order valence-electron chi connectivity index (χ1n) is 6.86. The van der Waals surface area contributed by atoms with E-state index in [2.05, 4.69) is 16.7 Å². The summed E-state index contributed by atoms with van der Waals surface area (Å²) in [6.45, 7) is 7.50. The van der Waals surface area contributed by atoms with E-state index in [-0.39, 0.29) is 18.1 Å². The van der Waals surface area contributed by atoms with Crippen molar-refractivity contribution in [3.8, 4) is 0 Å². The smallest absolute Gasteiger partial charge is 0.322 e. The summed E-state index contributed by atoms with van der Waals surface area (Å²) >= 11 is 5.15. The van der Waals surface area contributed by atoms with E-state index in [0.29, 0.717) is 4.99 Å². The summed E-state index contributed by atoms with van der Waals surface area (Å²) < 4.78 is 4.78. The van der Waals surface area contributed by atoms with Crippen LogP contribution in [0.2, 0.25) is 0 Å². The third kappa shape index (κ3) is 4.40. The van der Waals surface area contributed by atoms with Crippen molar-refractivity contribution < 1.29 is 9.53 Å². The van der Waals surface area contributed by atoms with E-state index < -0.39 is 0 Å². The standard InChI is InChI=1S/C13H25N3O2S/c1-4-5-11(12(14)19)16-8-6-15(7-9-16)10(2)13(17)18-3/h10-11H,4-9H2,1-3H3,(H2,14,19). The van der Waals surface area contributed by atoms with E-state index in [0.717, 1.165) is 39.0 Å². The van der Waals surface area contributed by atoms with Crippen molar-refractivity contribution in [2.45, 2.75) is 38.8 Å². The van der Waals surface area contributed by atoms with Gasteiger partial charge in [-0.1, -0.05) is 25.6 Å². The number of carbonyl (C=O) groups excluding carboxylic acids is 1. The van der Waals surface area contributed by atoms with Gasteiger partial charge in [0.05, 0.1) is 18.1 Å². The summed E-state index contributed by atoms with van der Waals surface area (Å²) in [7, 11) is 1.43. The zero-order valence-electron chi connectivity index (χ0n) is 12.1. The van der Waals surface area contributed by atoms with Crippen LogP contribution in [0.1, 0.15) is 26.7 Å². The minimum atomic E-state index is -0.179. The Labute approximate surface area is 121 Å². The first kappa shape index (κ1) is 16.3. The number of thiocarbonyl (C=S) groups is 1. The molecule has 0 spiro atoms. The highest BCUT2D eigenvalue weighted by atomic mass is 32.1. The number of esters is 1. The molecular formula is C13H25N3O2S. The molecule has 0 bridgehead atoms. The molecule has 6 heteroatoms. The van der Waals surface area contributed by atoms with Crippen LogP contribution in [0.25, 0.3) is 0 Å². The molecule has 0 amide bonds. The van der Waals surface area contributed by atoms with Crippen molar-refractivity contribution in [3.63, 3.8) is 0 Å². The van der Waals surface area contributed by atoms with Gasteiger partial charge in [-0.15, -0.1) is 0 Å². The van der Waals surface area contributed by atoms with E-state index in [4.69, 9.17) is 22.7 Å². The highest BCUT2D eigenvalue weighted by molar-refractivity contribution is 7.80. The summed E-state index contributed by atoms with van der Waals surface area (Å²) in [4.78, 5) is 16.6. The molecular weight excluding hydrogens is 262 g/mol. The van der Waals surface area contributed by atoms with Crippen LogP contribution in [-0.4, -0.2) is 66.1 Å². The highest BCUT2D eigenvalue weighted by Gasteiger charge is 2.29. The highest BCUT2D eigenvalue weighted by Crippen LogP contribution is 2.13. The Morgan fingerprint density at radius 3 is 2.26 bits per heavy atom. The van der Waals surface area contributed by atoms with Gasteiger partial charge in [0, 0.05) is 26.2 Å². The second-order valence-electron chi connectivity index (χ2n) is 4.98. The lowest BCUT2D eigenvalue weighted by molar-refractivity contribution is -0.147. The number of methoxy groups -OCH3 is 1. The topological polar surface area (TPSA) is 58.8 Å². The van der Waals surface area contributed by atoms with Crippen LogP contribution in [-0.2, 0) is 9.53 Å². The first-order chi connectivity index (χ1) is 9.01. The molecule has 1 fully saturated rings. The molecule has 110 valence electrons. The average Bonchev–Trinajstić information content (AvgIpc) is 2.43. The van der Waals surface area contributed by atoms with Crippen LogP contribution >= 0.6 is 12.2 Å². The van der Waals surface area contributed by atoms with Crippen molar-refractivity contribution in [1.82, 2.24) is 9.80 Å². The molecule has 0 aromatic heterocycles. The molecule has 19 heavy (non-hydrogen) atoms. The average molecular weight is 287 g/mol. The SMILES string of the molecule is CCCC(C(N)=S)N1CCN(C(C)C(=O)OC)CC1. The van der Waals surface area contributed by atoms with Crippen LogP contribution < -0.4 is 5.73 Å². The fourth-order valence-corrected chi connectivity index (χ4v) is 2.80. The third-order valence-corrected chi connectivity index (χ3v) is 4.04. The van der Waals surface area contributed by atoms with Gasteiger partial charge in [0.25, 0.3) is 0 Å². The Hall–Kier alpha value is -0.720. The van der Waals surface area contributed by atoms with E-state index in [9.17, 15) is 4.79 Å². The van der Waals surface area contributed by atoms with Crippen LogP contribution in [0.15, 0.2) is 0 Å². The van der Waals surface area contributed by atoms with Gasteiger partial charge in [0.2, 0.25) is 0 Å². The Kier molecular flexibility index (Phi) is 6.68. The van der Waals surface area contributed by atoms with Gasteiger partial charge >= 0.3 is 5.97 Å². The minimum Gasteiger partial charge on any atom is -0.468 e. The Balaban J connectivity index is 2.51. The number of piperazine rings is 1. The molecule has 1 rings (SSSR count). The lowest BCUT2D eigenvalue weighted by Gasteiger charge is -2.40. The summed E-state index contributed by atoms with van der Waals surface area (Å²) in [6, 6.07) is 0.0113. The van der Waals surface area contributed by atoms with Gasteiger partial charge in [-0.05, 0) is 13.3 Å². The van der Waals surface area contributed by atoms with Gasteiger partial charge in [0.15, 0.2) is 0 Å². The molecule has 2 N–H and O–H groups in total. The van der Waals surface area contributed by atoms with Crippen LogP contribution in [0.5, 0.6) is 0 Å². The predicted molar refractivity (Wildman–Crippen MR) is 80.1 cm³/mol. The maximum absolute atomic E-state index is 11.5. The van der Waals surface area contributed by atoms with Crippen LogP contribution in [0, 0.1) is 0 Å². The number of hydrogen-bond donors (Lipinski definition) is 1. The van der Waals surface area contributed by atoms with Gasteiger partial charge < -0.3 is 10.5 Å². The molecule has 0 radical (unpaired) electrons. The van der Waals surface area contributed by atoms with E-state index in [1.165, 1.54) is 7.11 Å². The van der Waals surface area contributed by atoms with Crippen LogP contribution in [0.4, 0.5) is 0 Å². The second kappa shape index (κ2) is 7.77. The van der Waals surface area contributed by atoms with E-state index >= 15 is 0 Å². The normalized spacial score (nSPS) is 20.8. The summed E-state index contributed by atoms with van der Waals surface area (Å²) in [5.41, 5.74) is 5.82. The molecule has 0 aliphatic carbocycles. The van der Waals surface area contributed by atoms with Crippen molar-refractivity contribution in [3.05, 3.63) is 0 Å². The van der Waals surface area contributed by atoms with Gasteiger partial charge in [-0.25, -0.2) is 0 Å². The third-order valence-electron chi connectivity index (χ3n) is 3.77. The summed E-state index contributed by atoms with van der Waals surface area (Å²) in [5.74, 6) is -0.173. The van der Waals surface area contributed by atoms with Crippen molar-refractivity contribution >= 4 is 23.2 Å². The Morgan fingerprint density at radius 2 is 1.84 bits per heavy atom. The summed E-state index contributed by atoms with van der Waals surface area (Å²) in [5, 5.41) is 0. The fraction of sp³-hybridized carbons (Fsp3) is 0.846. The van der Waals surface area contributed by atoms with E-state index in [1.807, 2.05) is 6.92 Å². The summed E-state index contributed by atoms with van der Waals surface area (Å²) in [6.07, 6.45) is 2.07. The molecule has 0 aromatic carbocycles. The zero-order chi connectivity index (χ0) is 14.4. The Morgan fingerprint density at radius 1 is 1.32 bits per heavy atom. The number of nitrogens with zero attached hydrogens (tertiary/aromatic N) is 2. The molecule has 0 aromatic rings. The fourth-order valence-electron chi connectivity index (χ4n) is 2.53. The lowest BCUT2D eigenvalue weighted by atomic mass is 10.1. The largest absolute Gasteiger partial charge is 0.468 e. The van der Waals surface area contributed by atoms with Crippen molar-refractivity contribution in [2.24, 2.45) is 5.73 Å². The number of carbonyl (C=O) groups is 1.